The zero-order valence-electron chi connectivity index (χ0n) is 18.3. The van der Waals surface area contributed by atoms with Crippen molar-refractivity contribution in [3.8, 4) is 17.2 Å². The molecule has 0 saturated heterocycles. The highest BCUT2D eigenvalue weighted by Crippen LogP contribution is 2.27. The summed E-state index contributed by atoms with van der Waals surface area (Å²) in [4.78, 5) is 11.9. The van der Waals surface area contributed by atoms with Crippen molar-refractivity contribution in [2.45, 2.75) is 46.0 Å². The van der Waals surface area contributed by atoms with Crippen molar-refractivity contribution in [2.24, 2.45) is 5.10 Å². The second kappa shape index (κ2) is 12.5. The molecule has 1 amide bonds. The fourth-order valence-electron chi connectivity index (χ4n) is 2.73. The van der Waals surface area contributed by atoms with Crippen LogP contribution in [0.1, 0.15) is 57.1 Å². The lowest BCUT2D eigenvalue weighted by molar-refractivity contribution is -0.123. The normalized spacial score (nSPS) is 11.0. The predicted molar refractivity (Wildman–Crippen MR) is 120 cm³/mol. The van der Waals surface area contributed by atoms with Crippen molar-refractivity contribution in [3.05, 3.63) is 53.6 Å². The number of hydrogen-bond acceptors (Lipinski definition) is 5. The van der Waals surface area contributed by atoms with Crippen molar-refractivity contribution in [2.75, 3.05) is 20.3 Å². The number of rotatable bonds is 12. The molecule has 0 bridgehead atoms. The summed E-state index contributed by atoms with van der Waals surface area (Å²) in [6, 6.07) is 13.3. The molecule has 0 aliphatic heterocycles. The van der Waals surface area contributed by atoms with E-state index in [1.807, 2.05) is 42.5 Å². The summed E-state index contributed by atoms with van der Waals surface area (Å²) >= 11 is 0. The van der Waals surface area contributed by atoms with Crippen LogP contribution in [0.5, 0.6) is 17.2 Å². The van der Waals surface area contributed by atoms with Gasteiger partial charge in [0.25, 0.3) is 5.91 Å². The van der Waals surface area contributed by atoms with Crippen LogP contribution in [-0.4, -0.2) is 32.4 Å². The van der Waals surface area contributed by atoms with E-state index in [0.29, 0.717) is 29.8 Å². The number of unbranched alkanes of at least 4 members (excludes halogenated alkanes) is 2. The van der Waals surface area contributed by atoms with E-state index in [2.05, 4.69) is 31.3 Å². The van der Waals surface area contributed by atoms with E-state index in [4.69, 9.17) is 14.2 Å². The van der Waals surface area contributed by atoms with Gasteiger partial charge in [-0.1, -0.05) is 45.7 Å². The molecule has 2 rings (SSSR count). The largest absolute Gasteiger partial charge is 0.493 e. The van der Waals surface area contributed by atoms with Gasteiger partial charge in [0.1, 0.15) is 5.75 Å². The maximum absolute atomic E-state index is 11.9. The van der Waals surface area contributed by atoms with Gasteiger partial charge in [-0.2, -0.15) is 5.10 Å². The molecule has 0 aromatic heterocycles. The number of amides is 1. The van der Waals surface area contributed by atoms with E-state index in [1.165, 1.54) is 5.56 Å². The van der Waals surface area contributed by atoms with Gasteiger partial charge in [-0.15, -0.1) is 0 Å². The Morgan fingerprint density at radius 3 is 2.50 bits per heavy atom. The van der Waals surface area contributed by atoms with Gasteiger partial charge in [-0.05, 0) is 53.8 Å². The minimum atomic E-state index is -0.331. The maximum atomic E-state index is 11.9. The van der Waals surface area contributed by atoms with Gasteiger partial charge in [-0.3, -0.25) is 4.79 Å². The first-order valence-electron chi connectivity index (χ1n) is 10.4. The first-order valence-corrected chi connectivity index (χ1v) is 10.4. The number of carbonyl (C=O) groups excluding carboxylic acids is 1. The summed E-state index contributed by atoms with van der Waals surface area (Å²) in [6.07, 6.45) is 4.86. The molecule has 0 saturated carbocycles. The molecule has 30 heavy (non-hydrogen) atoms. The van der Waals surface area contributed by atoms with Gasteiger partial charge in [0, 0.05) is 0 Å². The molecule has 0 radical (unpaired) electrons. The molecule has 0 atom stereocenters. The summed E-state index contributed by atoms with van der Waals surface area (Å²) in [5.41, 5.74) is 4.48. The fraction of sp³-hybridized carbons (Fsp3) is 0.417. The summed E-state index contributed by atoms with van der Waals surface area (Å²) < 4.78 is 16.6. The molecule has 0 spiro atoms. The van der Waals surface area contributed by atoms with Crippen LogP contribution < -0.4 is 19.6 Å². The Morgan fingerprint density at radius 2 is 1.83 bits per heavy atom. The lowest BCUT2D eigenvalue weighted by atomic mass is 10.0. The molecule has 1 N–H and O–H groups in total. The Labute approximate surface area is 179 Å². The molecular weight excluding hydrogens is 380 g/mol. The number of hydrazone groups is 1. The van der Waals surface area contributed by atoms with E-state index in [0.717, 1.165) is 24.8 Å². The van der Waals surface area contributed by atoms with Crippen LogP contribution in [0.15, 0.2) is 47.6 Å². The molecular formula is C24H32N2O4. The zero-order chi connectivity index (χ0) is 21.8. The van der Waals surface area contributed by atoms with Gasteiger partial charge in [0.05, 0.1) is 19.9 Å². The van der Waals surface area contributed by atoms with Gasteiger partial charge in [0.15, 0.2) is 18.1 Å². The summed E-state index contributed by atoms with van der Waals surface area (Å²) in [6.45, 7) is 6.97. The third-order valence-corrected chi connectivity index (χ3v) is 4.51. The average Bonchev–Trinajstić information content (AvgIpc) is 2.76. The number of benzene rings is 2. The quantitative estimate of drug-likeness (QED) is 0.305. The number of hydrogen-bond donors (Lipinski definition) is 1. The van der Waals surface area contributed by atoms with Gasteiger partial charge < -0.3 is 14.2 Å². The second-order valence-corrected chi connectivity index (χ2v) is 7.27. The molecule has 6 nitrogen and oxygen atoms in total. The number of ether oxygens (including phenoxy) is 3. The zero-order valence-corrected chi connectivity index (χ0v) is 18.3. The molecule has 0 aliphatic carbocycles. The van der Waals surface area contributed by atoms with Crippen LogP contribution in [-0.2, 0) is 4.79 Å². The summed E-state index contributed by atoms with van der Waals surface area (Å²) in [5, 5.41) is 3.98. The first kappa shape index (κ1) is 23.3. The molecule has 2 aromatic rings. The highest BCUT2D eigenvalue weighted by molar-refractivity contribution is 5.83. The van der Waals surface area contributed by atoms with Crippen LogP contribution in [0.3, 0.4) is 0 Å². The standard InChI is InChI=1S/C24H32N2O4/c1-5-6-7-14-29-22-13-8-19(15-23(22)28-4)16-25-26-24(27)17-30-21-11-9-20(10-12-21)18(2)3/h8-13,15-16,18H,5-7,14,17H2,1-4H3,(H,26,27)/b25-16+. The monoisotopic (exact) mass is 412 g/mol. The van der Waals surface area contributed by atoms with Gasteiger partial charge in [0.2, 0.25) is 0 Å². The van der Waals surface area contributed by atoms with Crippen LogP contribution >= 0.6 is 0 Å². The third-order valence-electron chi connectivity index (χ3n) is 4.51. The lowest BCUT2D eigenvalue weighted by Crippen LogP contribution is -2.24. The number of methoxy groups -OCH3 is 1. The van der Waals surface area contributed by atoms with Crippen LogP contribution in [0.4, 0.5) is 0 Å². The van der Waals surface area contributed by atoms with Gasteiger partial charge >= 0.3 is 0 Å². The average molecular weight is 413 g/mol. The molecule has 0 aliphatic rings. The lowest BCUT2D eigenvalue weighted by Gasteiger charge is -2.11. The Kier molecular flexibility index (Phi) is 9.71. The van der Waals surface area contributed by atoms with Crippen molar-refractivity contribution >= 4 is 12.1 Å². The third kappa shape index (κ3) is 7.78. The van der Waals surface area contributed by atoms with E-state index < -0.39 is 0 Å². The van der Waals surface area contributed by atoms with Crippen molar-refractivity contribution in [1.82, 2.24) is 5.43 Å². The fourth-order valence-corrected chi connectivity index (χ4v) is 2.73. The maximum Gasteiger partial charge on any atom is 0.277 e. The summed E-state index contributed by atoms with van der Waals surface area (Å²) in [5.74, 6) is 2.11. The molecule has 0 fully saturated rings. The number of carbonyl (C=O) groups is 1. The highest BCUT2D eigenvalue weighted by Gasteiger charge is 2.06. The Balaban J connectivity index is 1.81. The molecule has 6 heteroatoms. The van der Waals surface area contributed by atoms with Crippen molar-refractivity contribution in [1.29, 1.82) is 0 Å². The van der Waals surface area contributed by atoms with Crippen LogP contribution in [0.2, 0.25) is 0 Å². The van der Waals surface area contributed by atoms with E-state index in [1.54, 1.807) is 13.3 Å². The van der Waals surface area contributed by atoms with E-state index in [-0.39, 0.29) is 12.5 Å². The Morgan fingerprint density at radius 1 is 1.07 bits per heavy atom. The number of nitrogens with zero attached hydrogens (tertiary/aromatic N) is 1. The first-order chi connectivity index (χ1) is 14.5. The highest BCUT2D eigenvalue weighted by atomic mass is 16.5. The molecule has 2 aromatic carbocycles. The van der Waals surface area contributed by atoms with Crippen LogP contribution in [0, 0.1) is 0 Å². The second-order valence-electron chi connectivity index (χ2n) is 7.27. The van der Waals surface area contributed by atoms with Gasteiger partial charge in [-0.25, -0.2) is 5.43 Å². The topological polar surface area (TPSA) is 69.2 Å². The van der Waals surface area contributed by atoms with Crippen molar-refractivity contribution in [3.63, 3.8) is 0 Å². The van der Waals surface area contributed by atoms with Crippen molar-refractivity contribution < 1.29 is 19.0 Å². The van der Waals surface area contributed by atoms with E-state index in [9.17, 15) is 4.79 Å². The predicted octanol–water partition coefficient (Wildman–Crippen LogP) is 4.92. The molecule has 0 heterocycles. The Bertz CT molecular complexity index is 816. The minimum absolute atomic E-state index is 0.105. The Hall–Kier alpha value is -3.02. The summed E-state index contributed by atoms with van der Waals surface area (Å²) in [7, 11) is 1.60. The number of nitrogens with one attached hydrogen (secondary N) is 1. The SMILES string of the molecule is CCCCCOc1ccc(/C=N/NC(=O)COc2ccc(C(C)C)cc2)cc1OC. The van der Waals surface area contributed by atoms with Crippen LogP contribution in [0.25, 0.3) is 0 Å². The smallest absolute Gasteiger partial charge is 0.277 e. The minimum Gasteiger partial charge on any atom is -0.493 e. The molecule has 0 unspecified atom stereocenters. The van der Waals surface area contributed by atoms with E-state index >= 15 is 0 Å². The molecule has 162 valence electrons.